The molecule has 5 rings (SSSR count). The number of esters is 1. The summed E-state index contributed by atoms with van der Waals surface area (Å²) in [5.41, 5.74) is -2.62. The number of rotatable bonds is 4. The van der Waals surface area contributed by atoms with Gasteiger partial charge in [0.25, 0.3) is 11.8 Å². The number of hydrogen-bond acceptors (Lipinski definition) is 7. The van der Waals surface area contributed by atoms with Crippen molar-refractivity contribution in [3.8, 4) is 5.75 Å². The van der Waals surface area contributed by atoms with Gasteiger partial charge >= 0.3 is 5.97 Å². The van der Waals surface area contributed by atoms with E-state index in [0.29, 0.717) is 25.3 Å². The van der Waals surface area contributed by atoms with Crippen molar-refractivity contribution >= 4 is 23.5 Å². The first-order chi connectivity index (χ1) is 19.2. The lowest BCUT2D eigenvalue weighted by atomic mass is 9.84. The van der Waals surface area contributed by atoms with Gasteiger partial charge in [0.15, 0.2) is 11.3 Å². The molecule has 2 amide bonds. The van der Waals surface area contributed by atoms with Crippen LogP contribution >= 0.6 is 0 Å². The van der Waals surface area contributed by atoms with E-state index in [1.165, 1.54) is 16.8 Å². The van der Waals surface area contributed by atoms with E-state index in [9.17, 15) is 28.0 Å². The van der Waals surface area contributed by atoms with Gasteiger partial charge in [-0.1, -0.05) is 11.2 Å². The minimum atomic E-state index is -1.03. The monoisotopic (exact) mass is 570 g/mol. The molecule has 0 aliphatic carbocycles. The van der Waals surface area contributed by atoms with Gasteiger partial charge in [0.2, 0.25) is 11.2 Å². The van der Waals surface area contributed by atoms with E-state index < -0.39 is 63.2 Å². The Morgan fingerprint density at radius 1 is 1.24 bits per heavy atom. The zero-order valence-electron chi connectivity index (χ0n) is 23.5. The van der Waals surface area contributed by atoms with Gasteiger partial charge in [-0.05, 0) is 53.5 Å². The first-order valence-electron chi connectivity index (χ1n) is 13.5. The number of fused-ring (bicyclic) bond motifs is 5. The van der Waals surface area contributed by atoms with E-state index in [0.717, 1.165) is 11.8 Å². The number of halogens is 2. The van der Waals surface area contributed by atoms with Gasteiger partial charge in [-0.25, -0.2) is 8.78 Å². The number of ether oxygens (including phenoxy) is 1. The quantitative estimate of drug-likeness (QED) is 0.560. The van der Waals surface area contributed by atoms with Crippen molar-refractivity contribution in [1.29, 1.82) is 0 Å². The third-order valence-corrected chi connectivity index (χ3v) is 7.93. The molecular weight excluding hydrogens is 538 g/mol. The third kappa shape index (κ3) is 5.00. The molecule has 41 heavy (non-hydrogen) atoms. The van der Waals surface area contributed by atoms with E-state index in [2.05, 4.69) is 10.5 Å². The van der Waals surface area contributed by atoms with Crippen LogP contribution in [0, 0.1) is 17.0 Å². The Kier molecular flexibility index (Phi) is 6.99. The molecule has 2 bridgehead atoms. The molecule has 0 radical (unpaired) electrons. The van der Waals surface area contributed by atoms with E-state index in [4.69, 9.17) is 9.57 Å². The van der Waals surface area contributed by atoms with Crippen LogP contribution in [0.3, 0.4) is 0 Å². The van der Waals surface area contributed by atoms with Crippen LogP contribution in [0.25, 0.3) is 0 Å². The standard InChI is InChI=1S/C29H32F2N4O6/c1-15-11-29(41-33-15)9-8-16(2)34-14-21(29)35-13-19(25(37)32-12-17-6-7-18(30)10-20(17)31)23(36)24(22(35)26(34)38)40-27(39)28(3,4)5/h6-7,10,13,16,21H,8-9,11-12,14H2,1-5H3,(H,32,37)/t16-,21+,29-/m0/s1. The van der Waals surface area contributed by atoms with Crippen LogP contribution in [0.5, 0.6) is 5.75 Å². The Hall–Kier alpha value is -4.09. The van der Waals surface area contributed by atoms with Gasteiger partial charge in [-0.3, -0.25) is 19.2 Å². The SMILES string of the molecule is CC1=NO[C@@]2(CC[C@H](C)N3C[C@H]2n2cc(C(=O)NCc4ccc(F)cc4F)c(=O)c(OC(=O)C(C)(C)C)c2C3=O)C1. The Morgan fingerprint density at radius 2 is 1.98 bits per heavy atom. The van der Waals surface area contributed by atoms with Crippen LogP contribution in [-0.2, 0) is 16.2 Å². The molecule has 0 saturated carbocycles. The smallest absolute Gasteiger partial charge is 0.316 e. The third-order valence-electron chi connectivity index (χ3n) is 7.93. The molecule has 0 unspecified atom stereocenters. The van der Waals surface area contributed by atoms with E-state index in [-0.39, 0.29) is 30.4 Å². The summed E-state index contributed by atoms with van der Waals surface area (Å²) in [5, 5.41) is 6.67. The van der Waals surface area contributed by atoms with Gasteiger partial charge in [-0.2, -0.15) is 0 Å². The molecule has 1 aromatic carbocycles. The molecule has 1 fully saturated rings. The van der Waals surface area contributed by atoms with Crippen molar-refractivity contribution in [1.82, 2.24) is 14.8 Å². The highest BCUT2D eigenvalue weighted by Crippen LogP contribution is 2.46. The minimum Gasteiger partial charge on any atom is -0.419 e. The zero-order valence-corrected chi connectivity index (χ0v) is 23.5. The lowest BCUT2D eigenvalue weighted by Gasteiger charge is -2.42. The van der Waals surface area contributed by atoms with Crippen LogP contribution in [0.2, 0.25) is 0 Å². The number of nitrogens with zero attached hydrogens (tertiary/aromatic N) is 3. The van der Waals surface area contributed by atoms with Gasteiger partial charge in [0, 0.05) is 43.4 Å². The molecule has 4 heterocycles. The highest BCUT2D eigenvalue weighted by Gasteiger charge is 2.54. The number of carbonyl (C=O) groups excluding carboxylic acids is 3. The zero-order chi connectivity index (χ0) is 29.9. The summed E-state index contributed by atoms with van der Waals surface area (Å²) in [6.07, 6.45) is 2.91. The van der Waals surface area contributed by atoms with Crippen molar-refractivity contribution < 1.29 is 32.7 Å². The molecule has 1 N–H and O–H groups in total. The van der Waals surface area contributed by atoms with E-state index in [1.54, 1.807) is 25.7 Å². The van der Waals surface area contributed by atoms with Crippen LogP contribution in [0.15, 0.2) is 34.3 Å². The number of oxime groups is 1. The summed E-state index contributed by atoms with van der Waals surface area (Å²) in [4.78, 5) is 61.6. The highest BCUT2D eigenvalue weighted by molar-refractivity contribution is 6.00. The Bertz CT molecular complexity index is 1540. The molecule has 218 valence electrons. The first-order valence-corrected chi connectivity index (χ1v) is 13.5. The first kappa shape index (κ1) is 28.4. The highest BCUT2D eigenvalue weighted by atomic mass is 19.1. The normalized spacial score (nSPS) is 23.4. The number of benzene rings is 1. The van der Waals surface area contributed by atoms with Gasteiger partial charge in [-0.15, -0.1) is 0 Å². The number of carbonyl (C=O) groups is 3. The Balaban J connectivity index is 1.64. The molecule has 1 aromatic heterocycles. The fourth-order valence-corrected chi connectivity index (χ4v) is 5.55. The maximum atomic E-state index is 14.2. The average molecular weight is 571 g/mol. The summed E-state index contributed by atoms with van der Waals surface area (Å²) in [7, 11) is 0. The van der Waals surface area contributed by atoms with Gasteiger partial charge < -0.3 is 24.4 Å². The summed E-state index contributed by atoms with van der Waals surface area (Å²) in [6, 6.07) is 2.17. The molecule has 3 aliphatic rings. The summed E-state index contributed by atoms with van der Waals surface area (Å²) in [6.45, 7) is 8.43. The van der Waals surface area contributed by atoms with Crippen molar-refractivity contribution in [3.05, 3.63) is 63.1 Å². The minimum absolute atomic E-state index is 0.00621. The van der Waals surface area contributed by atoms with Crippen molar-refractivity contribution in [2.24, 2.45) is 10.6 Å². The lowest BCUT2D eigenvalue weighted by molar-refractivity contribution is -0.143. The second-order valence-corrected chi connectivity index (χ2v) is 12.0. The number of amides is 2. The molecule has 3 atom stereocenters. The van der Waals surface area contributed by atoms with E-state index >= 15 is 0 Å². The van der Waals surface area contributed by atoms with Crippen molar-refractivity contribution in [2.75, 3.05) is 6.54 Å². The van der Waals surface area contributed by atoms with Gasteiger partial charge in [0.05, 0.1) is 17.2 Å². The topological polar surface area (TPSA) is 119 Å². The molecule has 1 saturated heterocycles. The molecule has 12 heteroatoms. The average Bonchev–Trinajstić information content (AvgIpc) is 3.23. The predicted octanol–water partition coefficient (Wildman–Crippen LogP) is 3.72. The largest absolute Gasteiger partial charge is 0.419 e. The second-order valence-electron chi connectivity index (χ2n) is 12.0. The molecule has 2 aromatic rings. The summed E-state index contributed by atoms with van der Waals surface area (Å²) in [5.74, 6) is -4.33. The maximum absolute atomic E-state index is 14.2. The fraction of sp³-hybridized carbons (Fsp3) is 0.483. The van der Waals surface area contributed by atoms with Crippen LogP contribution in [0.1, 0.15) is 86.3 Å². The second kappa shape index (κ2) is 10.1. The molecule has 1 spiro atoms. The molecule has 3 aliphatic heterocycles. The van der Waals surface area contributed by atoms with Crippen LogP contribution in [-0.4, -0.2) is 51.2 Å². The summed E-state index contributed by atoms with van der Waals surface area (Å²) >= 11 is 0. The summed E-state index contributed by atoms with van der Waals surface area (Å²) < 4.78 is 34.6. The number of hydrogen-bond donors (Lipinski definition) is 1. The predicted molar refractivity (Wildman–Crippen MR) is 144 cm³/mol. The Morgan fingerprint density at radius 3 is 2.61 bits per heavy atom. The van der Waals surface area contributed by atoms with Crippen LogP contribution < -0.4 is 15.5 Å². The van der Waals surface area contributed by atoms with E-state index in [1.807, 2.05) is 13.8 Å². The fourth-order valence-electron chi connectivity index (χ4n) is 5.55. The number of nitrogens with one attached hydrogen (secondary N) is 1. The van der Waals surface area contributed by atoms with Crippen LogP contribution in [0.4, 0.5) is 8.78 Å². The van der Waals surface area contributed by atoms with Gasteiger partial charge in [0.1, 0.15) is 17.2 Å². The van der Waals surface area contributed by atoms with Crippen molar-refractivity contribution in [2.45, 2.75) is 78.1 Å². The molecular formula is C29H32F2N4O6. The number of pyridine rings is 1. The molecule has 10 nitrogen and oxygen atoms in total. The van der Waals surface area contributed by atoms with Crippen molar-refractivity contribution in [3.63, 3.8) is 0 Å². The Labute approximate surface area is 235 Å². The number of aromatic nitrogens is 1. The lowest BCUT2D eigenvalue weighted by Crippen LogP contribution is -2.52. The maximum Gasteiger partial charge on any atom is 0.316 e.